The van der Waals surface area contributed by atoms with Gasteiger partial charge in [-0.1, -0.05) is 91.0 Å². The fourth-order valence-corrected chi connectivity index (χ4v) is 3.68. The Morgan fingerprint density at radius 2 is 1.21 bits per heavy atom. The van der Waals surface area contributed by atoms with Gasteiger partial charge in [0, 0.05) is 18.7 Å². The smallest absolute Gasteiger partial charge is 0.176 e. The molecule has 0 saturated heterocycles. The molecule has 0 aromatic heterocycles. The molecule has 166 valence electrons. The Labute approximate surface area is 194 Å². The van der Waals surface area contributed by atoms with Crippen molar-refractivity contribution in [2.45, 2.75) is 19.7 Å². The Morgan fingerprint density at radius 3 is 1.76 bits per heavy atom. The van der Waals surface area contributed by atoms with E-state index in [4.69, 9.17) is 4.74 Å². The van der Waals surface area contributed by atoms with Crippen molar-refractivity contribution in [3.8, 4) is 11.5 Å². The summed E-state index contributed by atoms with van der Waals surface area (Å²) in [6, 6.07) is 34.8. The van der Waals surface area contributed by atoms with Gasteiger partial charge in [-0.05, 0) is 34.9 Å². The molecule has 0 unspecified atom stereocenters. The van der Waals surface area contributed by atoms with Crippen LogP contribution in [-0.2, 0) is 19.7 Å². The van der Waals surface area contributed by atoms with Gasteiger partial charge in [0.05, 0.1) is 6.54 Å². The number of ketones is 1. The molecule has 0 radical (unpaired) electrons. The Morgan fingerprint density at radius 1 is 0.697 bits per heavy atom. The van der Waals surface area contributed by atoms with Crippen molar-refractivity contribution < 1.29 is 14.6 Å². The second-order valence-electron chi connectivity index (χ2n) is 8.00. The van der Waals surface area contributed by atoms with Gasteiger partial charge in [0.2, 0.25) is 0 Å². The van der Waals surface area contributed by atoms with Gasteiger partial charge in [-0.3, -0.25) is 9.69 Å². The zero-order valence-corrected chi connectivity index (χ0v) is 18.4. The summed E-state index contributed by atoms with van der Waals surface area (Å²) in [4.78, 5) is 15.3. The SMILES string of the molecule is O=C(CN(Cc1ccccc1)Cc1ccccc1)c1ccc(O)c(OCc2ccccc2)c1. The number of ether oxygens (including phenoxy) is 1. The van der Waals surface area contributed by atoms with Crippen LogP contribution in [0, 0.1) is 0 Å². The lowest BCUT2D eigenvalue weighted by atomic mass is 10.1. The molecule has 0 amide bonds. The van der Waals surface area contributed by atoms with E-state index in [-0.39, 0.29) is 18.1 Å². The Bertz CT molecular complexity index is 1120. The van der Waals surface area contributed by atoms with Crippen molar-refractivity contribution in [2.75, 3.05) is 6.54 Å². The van der Waals surface area contributed by atoms with E-state index in [1.165, 1.54) is 6.07 Å². The van der Waals surface area contributed by atoms with Crippen molar-refractivity contribution >= 4 is 5.78 Å². The molecule has 4 heteroatoms. The van der Waals surface area contributed by atoms with E-state index >= 15 is 0 Å². The standard InChI is InChI=1S/C29H27NO3/c31-27-17-16-26(18-29(27)33-22-25-14-8-3-9-15-25)28(32)21-30(19-23-10-4-1-5-11-23)20-24-12-6-2-7-13-24/h1-18,31H,19-22H2. The average Bonchev–Trinajstić information content (AvgIpc) is 2.85. The number of phenolic OH excluding ortho intramolecular Hbond substituents is 1. The number of phenols is 1. The molecule has 4 aromatic rings. The number of nitrogens with zero attached hydrogens (tertiary/aromatic N) is 1. The third kappa shape index (κ3) is 6.55. The van der Waals surface area contributed by atoms with Crippen molar-refractivity contribution in [2.24, 2.45) is 0 Å². The van der Waals surface area contributed by atoms with Crippen molar-refractivity contribution in [1.29, 1.82) is 0 Å². The van der Waals surface area contributed by atoms with E-state index in [1.807, 2.05) is 66.7 Å². The minimum absolute atomic E-state index is 0.0212. The summed E-state index contributed by atoms with van der Waals surface area (Å²) < 4.78 is 5.79. The molecule has 0 heterocycles. The quantitative estimate of drug-likeness (QED) is 0.316. The maximum Gasteiger partial charge on any atom is 0.176 e. The van der Waals surface area contributed by atoms with E-state index in [0.29, 0.717) is 31.0 Å². The highest BCUT2D eigenvalue weighted by Crippen LogP contribution is 2.28. The summed E-state index contributed by atoms with van der Waals surface area (Å²) in [5.74, 6) is 0.307. The average molecular weight is 438 g/mol. The number of hydrogen-bond acceptors (Lipinski definition) is 4. The lowest BCUT2D eigenvalue weighted by Gasteiger charge is -2.22. The summed E-state index contributed by atoms with van der Waals surface area (Å²) in [5.41, 5.74) is 3.81. The molecule has 0 saturated carbocycles. The van der Waals surface area contributed by atoms with Crippen LogP contribution in [0.15, 0.2) is 109 Å². The number of hydrogen-bond donors (Lipinski definition) is 1. The number of Topliss-reactive ketones (excluding diaryl/α,β-unsaturated/α-hetero) is 1. The zero-order chi connectivity index (χ0) is 22.9. The molecule has 0 atom stereocenters. The van der Waals surface area contributed by atoms with Crippen LogP contribution in [-0.4, -0.2) is 22.3 Å². The van der Waals surface area contributed by atoms with Crippen LogP contribution >= 0.6 is 0 Å². The molecule has 0 aliphatic carbocycles. The molecule has 4 nitrogen and oxygen atoms in total. The summed E-state index contributed by atoms with van der Waals surface area (Å²) in [6.07, 6.45) is 0. The topological polar surface area (TPSA) is 49.8 Å². The van der Waals surface area contributed by atoms with E-state index in [9.17, 15) is 9.90 Å². The molecule has 0 aliphatic heterocycles. The minimum atomic E-state index is -0.0218. The van der Waals surface area contributed by atoms with Gasteiger partial charge in [0.15, 0.2) is 17.3 Å². The molecular weight excluding hydrogens is 410 g/mol. The van der Waals surface area contributed by atoms with Crippen molar-refractivity contribution in [1.82, 2.24) is 4.90 Å². The molecule has 0 fully saturated rings. The lowest BCUT2D eigenvalue weighted by molar-refractivity contribution is 0.0919. The van der Waals surface area contributed by atoms with Crippen molar-refractivity contribution in [3.63, 3.8) is 0 Å². The fraction of sp³-hybridized carbons (Fsp3) is 0.138. The van der Waals surface area contributed by atoms with Crippen LogP contribution in [0.25, 0.3) is 0 Å². The lowest BCUT2D eigenvalue weighted by Crippen LogP contribution is -2.29. The van der Waals surface area contributed by atoms with Gasteiger partial charge in [0.25, 0.3) is 0 Å². The number of rotatable bonds is 10. The first-order valence-electron chi connectivity index (χ1n) is 11.0. The first-order valence-corrected chi connectivity index (χ1v) is 11.0. The van der Waals surface area contributed by atoms with E-state index < -0.39 is 0 Å². The maximum absolute atomic E-state index is 13.2. The third-order valence-electron chi connectivity index (χ3n) is 5.38. The zero-order valence-electron chi connectivity index (χ0n) is 18.4. The van der Waals surface area contributed by atoms with Crippen LogP contribution in [0.1, 0.15) is 27.0 Å². The highest BCUT2D eigenvalue weighted by molar-refractivity contribution is 5.98. The van der Waals surface area contributed by atoms with Gasteiger partial charge in [-0.25, -0.2) is 0 Å². The molecule has 33 heavy (non-hydrogen) atoms. The Kier molecular flexibility index (Phi) is 7.52. The summed E-state index contributed by atoms with van der Waals surface area (Å²) >= 11 is 0. The van der Waals surface area contributed by atoms with Crippen LogP contribution in [0.5, 0.6) is 11.5 Å². The van der Waals surface area contributed by atoms with Gasteiger partial charge < -0.3 is 9.84 Å². The van der Waals surface area contributed by atoms with Crippen LogP contribution in [0.4, 0.5) is 0 Å². The van der Waals surface area contributed by atoms with E-state index in [1.54, 1.807) is 12.1 Å². The number of aromatic hydroxyl groups is 1. The fourth-order valence-electron chi connectivity index (χ4n) is 3.68. The highest BCUT2D eigenvalue weighted by atomic mass is 16.5. The predicted octanol–water partition coefficient (Wildman–Crippen LogP) is 5.86. The monoisotopic (exact) mass is 437 g/mol. The Hall–Kier alpha value is -3.89. The second-order valence-corrected chi connectivity index (χ2v) is 8.00. The predicted molar refractivity (Wildman–Crippen MR) is 130 cm³/mol. The molecular formula is C29H27NO3. The largest absolute Gasteiger partial charge is 0.504 e. The van der Waals surface area contributed by atoms with E-state index in [2.05, 4.69) is 29.2 Å². The summed E-state index contributed by atoms with van der Waals surface area (Å²) in [6.45, 7) is 1.90. The molecule has 1 N–H and O–H groups in total. The normalized spacial score (nSPS) is 10.8. The maximum atomic E-state index is 13.2. The summed E-state index contributed by atoms with van der Waals surface area (Å²) in [5, 5.41) is 10.2. The molecule has 0 aliphatic rings. The van der Waals surface area contributed by atoms with Crippen molar-refractivity contribution in [3.05, 3.63) is 131 Å². The number of carbonyl (C=O) groups is 1. The summed E-state index contributed by atoms with van der Waals surface area (Å²) in [7, 11) is 0. The first-order chi connectivity index (χ1) is 16.2. The molecule has 4 aromatic carbocycles. The van der Waals surface area contributed by atoms with Gasteiger partial charge in [-0.15, -0.1) is 0 Å². The third-order valence-corrected chi connectivity index (χ3v) is 5.38. The highest BCUT2D eigenvalue weighted by Gasteiger charge is 2.16. The molecule has 0 bridgehead atoms. The Balaban J connectivity index is 1.48. The van der Waals surface area contributed by atoms with Crippen LogP contribution in [0.2, 0.25) is 0 Å². The van der Waals surface area contributed by atoms with Crippen LogP contribution in [0.3, 0.4) is 0 Å². The van der Waals surface area contributed by atoms with Crippen LogP contribution < -0.4 is 4.74 Å². The first kappa shape index (κ1) is 22.3. The van der Waals surface area contributed by atoms with Gasteiger partial charge >= 0.3 is 0 Å². The van der Waals surface area contributed by atoms with Gasteiger partial charge in [0.1, 0.15) is 6.61 Å². The molecule has 4 rings (SSSR count). The number of benzene rings is 4. The minimum Gasteiger partial charge on any atom is -0.504 e. The van der Waals surface area contributed by atoms with E-state index in [0.717, 1.165) is 16.7 Å². The second kappa shape index (κ2) is 11.1. The van der Waals surface area contributed by atoms with Gasteiger partial charge in [-0.2, -0.15) is 0 Å². The molecule has 0 spiro atoms. The number of carbonyl (C=O) groups excluding carboxylic acids is 1.